The van der Waals surface area contributed by atoms with E-state index in [1.165, 1.54) is 29.2 Å². The summed E-state index contributed by atoms with van der Waals surface area (Å²) in [7, 11) is 0. The van der Waals surface area contributed by atoms with Crippen LogP contribution in [-0.4, -0.2) is 35.2 Å². The Morgan fingerprint density at radius 3 is 2.22 bits per heavy atom. The zero-order valence-corrected chi connectivity index (χ0v) is 22.4. The first-order valence-electron chi connectivity index (χ1n) is 13.7. The molecule has 2 heterocycles. The van der Waals surface area contributed by atoms with Gasteiger partial charge in [-0.15, -0.1) is 0 Å². The zero-order valence-electron chi connectivity index (χ0n) is 22.4. The Labute approximate surface area is 235 Å². The van der Waals surface area contributed by atoms with Crippen molar-refractivity contribution >= 4 is 40.2 Å². The van der Waals surface area contributed by atoms with Gasteiger partial charge in [-0.2, -0.15) is 0 Å². The summed E-state index contributed by atoms with van der Waals surface area (Å²) in [6, 6.07) is 19.2. The third kappa shape index (κ3) is 5.01. The molecular weight excluding hydrogens is 523 g/mol. The van der Waals surface area contributed by atoms with E-state index in [1.54, 1.807) is 30.3 Å². The third-order valence-corrected chi connectivity index (χ3v) is 7.95. The summed E-state index contributed by atoms with van der Waals surface area (Å²) >= 11 is 0. The van der Waals surface area contributed by atoms with Gasteiger partial charge in [-0.1, -0.05) is 36.6 Å². The molecule has 1 aromatic heterocycles. The number of imide groups is 1. The quantitative estimate of drug-likeness (QED) is 0.164. The van der Waals surface area contributed by atoms with Crippen molar-refractivity contribution in [2.45, 2.75) is 32.6 Å². The molecule has 0 radical (unpaired) electrons. The van der Waals surface area contributed by atoms with Crippen molar-refractivity contribution in [1.82, 2.24) is 4.98 Å². The third-order valence-electron chi connectivity index (χ3n) is 7.95. The highest BCUT2D eigenvalue weighted by Gasteiger charge is 2.48. The Bertz CT molecular complexity index is 1670. The number of hydrogen-bond acceptors (Lipinski definition) is 6. The number of carbonyl (C=O) groups excluding carboxylic acids is 4. The summed E-state index contributed by atoms with van der Waals surface area (Å²) in [6.07, 6.45) is 3.42. The molecule has 0 N–H and O–H groups in total. The summed E-state index contributed by atoms with van der Waals surface area (Å²) in [5.74, 6) is -2.33. The molecule has 1 aliphatic heterocycles. The summed E-state index contributed by atoms with van der Waals surface area (Å²) in [6.45, 7) is 1.40. The van der Waals surface area contributed by atoms with Crippen molar-refractivity contribution in [3.05, 3.63) is 95.3 Å². The monoisotopic (exact) mass is 550 g/mol. The molecule has 3 aromatic carbocycles. The van der Waals surface area contributed by atoms with Crippen LogP contribution in [0.4, 0.5) is 10.1 Å². The van der Waals surface area contributed by atoms with E-state index in [-0.39, 0.29) is 34.8 Å². The molecule has 0 unspecified atom stereocenters. The molecule has 0 spiro atoms. The Morgan fingerprint density at radius 2 is 1.56 bits per heavy atom. The maximum Gasteiger partial charge on any atom is 0.339 e. The van der Waals surface area contributed by atoms with E-state index in [4.69, 9.17) is 9.72 Å². The first kappa shape index (κ1) is 26.5. The minimum absolute atomic E-state index is 0.133. The lowest BCUT2D eigenvalue weighted by molar-refractivity contribution is -0.122. The smallest absolute Gasteiger partial charge is 0.339 e. The fraction of sp³-hybridized carbons (Fsp3) is 0.242. The van der Waals surface area contributed by atoms with Crippen LogP contribution in [-0.2, 0) is 14.3 Å². The summed E-state index contributed by atoms with van der Waals surface area (Å²) in [4.78, 5) is 57.8. The number of fused-ring (bicyclic) bond motifs is 2. The van der Waals surface area contributed by atoms with Gasteiger partial charge in [0.25, 0.3) is 0 Å². The Kier molecular flexibility index (Phi) is 6.91. The van der Waals surface area contributed by atoms with Gasteiger partial charge in [0.15, 0.2) is 12.4 Å². The molecule has 2 aliphatic rings. The lowest BCUT2D eigenvalue weighted by Crippen LogP contribution is -2.30. The van der Waals surface area contributed by atoms with Crippen LogP contribution in [0.2, 0.25) is 0 Å². The van der Waals surface area contributed by atoms with E-state index in [0.29, 0.717) is 27.8 Å². The Morgan fingerprint density at radius 1 is 0.902 bits per heavy atom. The van der Waals surface area contributed by atoms with E-state index in [2.05, 4.69) is 0 Å². The van der Waals surface area contributed by atoms with Gasteiger partial charge in [-0.05, 0) is 74.4 Å². The molecule has 4 aromatic rings. The molecule has 8 heteroatoms. The first-order valence-corrected chi connectivity index (χ1v) is 13.7. The van der Waals surface area contributed by atoms with Crippen molar-refractivity contribution in [3.8, 4) is 11.3 Å². The number of Topliss-reactive ketones (excluding diaryl/α,β-unsaturated/α-hetero) is 1. The maximum absolute atomic E-state index is 13.2. The van der Waals surface area contributed by atoms with Crippen LogP contribution >= 0.6 is 0 Å². The van der Waals surface area contributed by atoms with Crippen molar-refractivity contribution in [2.75, 3.05) is 11.5 Å². The molecule has 206 valence electrons. The summed E-state index contributed by atoms with van der Waals surface area (Å²) in [5.41, 5.74) is 3.69. The molecule has 0 bridgehead atoms. The number of nitrogens with zero attached hydrogens (tertiary/aromatic N) is 2. The molecule has 1 saturated heterocycles. The van der Waals surface area contributed by atoms with Crippen LogP contribution in [0.1, 0.15) is 52.0 Å². The number of benzene rings is 3. The Balaban J connectivity index is 1.28. The number of carbonyl (C=O) groups is 4. The predicted octanol–water partition coefficient (Wildman–Crippen LogP) is 6.07. The van der Waals surface area contributed by atoms with Crippen LogP contribution < -0.4 is 4.90 Å². The number of ether oxygens (including phenoxy) is 1. The fourth-order valence-electron chi connectivity index (χ4n) is 5.78. The van der Waals surface area contributed by atoms with Gasteiger partial charge < -0.3 is 4.74 Å². The molecule has 2 atom stereocenters. The van der Waals surface area contributed by atoms with E-state index in [0.717, 1.165) is 31.2 Å². The molecule has 6 rings (SSSR count). The fourth-order valence-corrected chi connectivity index (χ4v) is 5.78. The number of aromatic nitrogens is 1. The molecular formula is C33H27FN2O5. The number of halogens is 1. The molecule has 2 fully saturated rings. The normalized spacial score (nSPS) is 18.4. The van der Waals surface area contributed by atoms with E-state index >= 15 is 0 Å². The second kappa shape index (κ2) is 10.7. The number of pyridine rings is 1. The number of hydrogen-bond donors (Lipinski definition) is 0. The molecule has 1 saturated carbocycles. The summed E-state index contributed by atoms with van der Waals surface area (Å²) < 4.78 is 18.6. The highest BCUT2D eigenvalue weighted by Crippen LogP contribution is 2.40. The van der Waals surface area contributed by atoms with Crippen LogP contribution in [0.15, 0.2) is 72.8 Å². The van der Waals surface area contributed by atoms with E-state index in [9.17, 15) is 23.6 Å². The lowest BCUT2D eigenvalue weighted by atomic mass is 9.81. The average molecular weight is 551 g/mol. The summed E-state index contributed by atoms with van der Waals surface area (Å²) in [5, 5.41) is 0.584. The van der Waals surface area contributed by atoms with Crippen molar-refractivity contribution in [3.63, 3.8) is 0 Å². The lowest BCUT2D eigenvalue weighted by Gasteiger charge is -2.19. The van der Waals surface area contributed by atoms with E-state index in [1.807, 2.05) is 25.1 Å². The molecule has 7 nitrogen and oxygen atoms in total. The molecule has 1 aliphatic carbocycles. The molecule has 41 heavy (non-hydrogen) atoms. The largest absolute Gasteiger partial charge is 0.454 e. The predicted molar refractivity (Wildman–Crippen MR) is 151 cm³/mol. The van der Waals surface area contributed by atoms with Crippen molar-refractivity contribution in [2.24, 2.45) is 11.8 Å². The Hall–Kier alpha value is -4.72. The van der Waals surface area contributed by atoms with Crippen LogP contribution in [0.5, 0.6) is 0 Å². The average Bonchev–Trinajstić information content (AvgIpc) is 3.25. The van der Waals surface area contributed by atoms with Crippen molar-refractivity contribution in [1.29, 1.82) is 0 Å². The minimum Gasteiger partial charge on any atom is -0.454 e. The number of anilines is 1. The zero-order chi connectivity index (χ0) is 28.7. The SMILES string of the molecule is Cc1ccc2nc(-c3ccc(N4C(=O)[C@H]5CCCC[C@@H]5C4=O)cc3)cc(C(=O)OCC(=O)c3ccc(F)cc3)c2c1. The number of amides is 2. The second-order valence-electron chi connectivity index (χ2n) is 10.6. The number of aryl methyl sites for hydroxylation is 1. The van der Waals surface area contributed by atoms with Crippen LogP contribution in [0, 0.1) is 24.6 Å². The topological polar surface area (TPSA) is 93.6 Å². The van der Waals surface area contributed by atoms with Crippen LogP contribution in [0.3, 0.4) is 0 Å². The number of esters is 1. The standard InChI is InChI=1S/C33H27FN2O5/c1-19-6-15-28-26(16-19)27(33(40)41-18-30(37)21-7-11-22(34)12-8-21)17-29(35-28)20-9-13-23(14-10-20)36-31(38)24-4-2-3-5-25(24)32(36)39/h6-17,24-25H,2-5,18H2,1H3/t24-,25-/m0/s1. The number of rotatable bonds is 6. The van der Waals surface area contributed by atoms with Gasteiger partial charge in [0, 0.05) is 16.5 Å². The van der Waals surface area contributed by atoms with E-state index < -0.39 is 24.2 Å². The van der Waals surface area contributed by atoms with Gasteiger partial charge in [0.2, 0.25) is 11.8 Å². The highest BCUT2D eigenvalue weighted by atomic mass is 19.1. The van der Waals surface area contributed by atoms with Gasteiger partial charge >= 0.3 is 5.97 Å². The minimum atomic E-state index is -0.688. The molecule has 2 amide bonds. The first-order chi connectivity index (χ1) is 19.8. The maximum atomic E-state index is 13.2. The van der Waals surface area contributed by atoms with Crippen LogP contribution in [0.25, 0.3) is 22.2 Å². The van der Waals surface area contributed by atoms with Gasteiger partial charge in [0.1, 0.15) is 5.82 Å². The van der Waals surface area contributed by atoms with Crippen molar-refractivity contribution < 1.29 is 28.3 Å². The number of ketones is 1. The highest BCUT2D eigenvalue weighted by molar-refractivity contribution is 6.22. The second-order valence-corrected chi connectivity index (χ2v) is 10.6. The van der Waals surface area contributed by atoms with Gasteiger partial charge in [0.05, 0.1) is 34.3 Å². The van der Waals surface area contributed by atoms with Gasteiger partial charge in [-0.3, -0.25) is 19.3 Å². The van der Waals surface area contributed by atoms with Gasteiger partial charge in [-0.25, -0.2) is 14.2 Å².